The first-order chi connectivity index (χ1) is 16.3. The number of nitrogens with one attached hydrogen (secondary N) is 1. The maximum atomic E-state index is 13.2. The zero-order valence-electron chi connectivity index (χ0n) is 19.9. The van der Waals surface area contributed by atoms with Gasteiger partial charge in [0, 0.05) is 31.2 Å². The highest BCUT2D eigenvalue weighted by Gasteiger charge is 2.47. The Hall–Kier alpha value is -1.81. The molecule has 1 saturated carbocycles. The molecule has 0 radical (unpaired) electrons. The predicted octanol–water partition coefficient (Wildman–Crippen LogP) is 5.50. The van der Waals surface area contributed by atoms with Crippen molar-refractivity contribution in [1.29, 1.82) is 0 Å². The number of ether oxygens (including phenoxy) is 1. The topological polar surface area (TPSA) is 41.6 Å². The molecule has 3 fully saturated rings. The summed E-state index contributed by atoms with van der Waals surface area (Å²) >= 11 is 0. The van der Waals surface area contributed by atoms with Crippen LogP contribution in [0.3, 0.4) is 0 Å². The van der Waals surface area contributed by atoms with E-state index in [9.17, 15) is 31.1 Å². The minimum absolute atomic E-state index is 0.0985. The number of hydrogen-bond donors (Lipinski definition) is 1. The highest BCUT2D eigenvalue weighted by molar-refractivity contribution is 5.79. The van der Waals surface area contributed by atoms with Crippen molar-refractivity contribution in [2.45, 2.75) is 70.5 Å². The van der Waals surface area contributed by atoms with E-state index >= 15 is 0 Å². The Morgan fingerprint density at radius 1 is 1.06 bits per heavy atom. The van der Waals surface area contributed by atoms with Gasteiger partial charge in [-0.25, -0.2) is 0 Å². The normalized spacial score (nSPS) is 30.0. The van der Waals surface area contributed by atoms with Crippen LogP contribution in [-0.2, 0) is 28.4 Å². The summed E-state index contributed by atoms with van der Waals surface area (Å²) in [5, 5.41) is 2.64. The zero-order chi connectivity index (χ0) is 25.5. The third kappa shape index (κ3) is 5.79. The van der Waals surface area contributed by atoms with Crippen LogP contribution < -0.4 is 5.32 Å². The summed E-state index contributed by atoms with van der Waals surface area (Å²) in [4.78, 5) is 15.7. The van der Waals surface area contributed by atoms with Crippen LogP contribution in [0, 0.1) is 23.7 Å². The second-order valence-electron chi connectivity index (χ2n) is 10.5. The van der Waals surface area contributed by atoms with Gasteiger partial charge in [-0.05, 0) is 73.7 Å². The Kier molecular flexibility index (Phi) is 7.44. The third-order valence-electron chi connectivity index (χ3n) is 7.98. The molecule has 3 aliphatic rings. The van der Waals surface area contributed by atoms with Gasteiger partial charge in [-0.1, -0.05) is 13.8 Å². The molecule has 1 amide bonds. The molecule has 35 heavy (non-hydrogen) atoms. The molecular weight excluding hydrogens is 474 g/mol. The van der Waals surface area contributed by atoms with E-state index in [1.54, 1.807) is 0 Å². The van der Waals surface area contributed by atoms with Crippen molar-refractivity contribution < 1.29 is 35.9 Å². The number of nitrogens with zero attached hydrogens (tertiary/aromatic N) is 1. The maximum Gasteiger partial charge on any atom is 0.416 e. The van der Waals surface area contributed by atoms with Crippen molar-refractivity contribution in [1.82, 2.24) is 10.2 Å². The quantitative estimate of drug-likeness (QED) is 0.536. The van der Waals surface area contributed by atoms with E-state index in [4.69, 9.17) is 4.74 Å². The first kappa shape index (κ1) is 26.3. The maximum absolute atomic E-state index is 13.2. The third-order valence-corrected chi connectivity index (χ3v) is 7.98. The highest BCUT2D eigenvalue weighted by Crippen LogP contribution is 2.44. The molecular formula is C25H32F6N2O2. The van der Waals surface area contributed by atoms with Gasteiger partial charge in [0.2, 0.25) is 5.91 Å². The Morgan fingerprint density at radius 2 is 1.71 bits per heavy atom. The van der Waals surface area contributed by atoms with Crippen LogP contribution in [0.2, 0.25) is 0 Å². The molecule has 3 unspecified atom stereocenters. The molecule has 10 heteroatoms. The lowest BCUT2D eigenvalue weighted by Gasteiger charge is -2.35. The Bertz CT molecular complexity index is 884. The summed E-state index contributed by atoms with van der Waals surface area (Å²) in [7, 11) is 0. The average molecular weight is 507 g/mol. The number of alkyl halides is 6. The van der Waals surface area contributed by atoms with Crippen LogP contribution in [0.5, 0.6) is 0 Å². The monoisotopic (exact) mass is 506 g/mol. The van der Waals surface area contributed by atoms with Gasteiger partial charge in [-0.2, -0.15) is 26.3 Å². The number of likely N-dealkylation sites (tertiary alicyclic amines) is 1. The Balaban J connectivity index is 1.46. The van der Waals surface area contributed by atoms with Crippen molar-refractivity contribution in [2.75, 3.05) is 19.8 Å². The smallest absolute Gasteiger partial charge is 0.381 e. The fraction of sp³-hybridized carbons (Fsp3) is 0.720. The van der Waals surface area contributed by atoms with Gasteiger partial charge in [-0.15, -0.1) is 0 Å². The molecule has 196 valence electrons. The average Bonchev–Trinajstić information content (AvgIpc) is 3.40. The van der Waals surface area contributed by atoms with Crippen molar-refractivity contribution in [3.63, 3.8) is 0 Å². The number of rotatable bonds is 5. The number of benzene rings is 1. The lowest BCUT2D eigenvalue weighted by Crippen LogP contribution is -2.43. The van der Waals surface area contributed by atoms with E-state index in [0.717, 1.165) is 39.0 Å². The largest absolute Gasteiger partial charge is 0.416 e. The number of amides is 1. The molecule has 0 bridgehead atoms. The van der Waals surface area contributed by atoms with Gasteiger partial charge in [0.25, 0.3) is 0 Å². The van der Waals surface area contributed by atoms with Crippen molar-refractivity contribution >= 4 is 5.91 Å². The summed E-state index contributed by atoms with van der Waals surface area (Å²) in [6.07, 6.45) is -6.28. The van der Waals surface area contributed by atoms with Gasteiger partial charge in [0.15, 0.2) is 0 Å². The Labute approximate surface area is 201 Å². The van der Waals surface area contributed by atoms with E-state index in [2.05, 4.69) is 24.1 Å². The van der Waals surface area contributed by atoms with Crippen LogP contribution in [0.25, 0.3) is 0 Å². The minimum atomic E-state index is -4.92. The molecule has 0 spiro atoms. The molecule has 2 saturated heterocycles. The predicted molar refractivity (Wildman–Crippen MR) is 117 cm³/mol. The summed E-state index contributed by atoms with van der Waals surface area (Å²) < 4.78 is 84.6. The van der Waals surface area contributed by atoms with E-state index in [-0.39, 0.29) is 47.9 Å². The van der Waals surface area contributed by atoms with Gasteiger partial charge in [0.05, 0.1) is 17.7 Å². The fourth-order valence-corrected chi connectivity index (χ4v) is 6.23. The van der Waals surface area contributed by atoms with Crippen LogP contribution in [0.1, 0.15) is 56.2 Å². The summed E-state index contributed by atoms with van der Waals surface area (Å²) in [6.45, 7) is 6.19. The number of hydrogen-bond acceptors (Lipinski definition) is 3. The number of carbonyl (C=O) groups is 1. The molecule has 0 aromatic heterocycles. The molecule has 4 rings (SSSR count). The molecule has 2 aliphatic heterocycles. The standard InChI is InChI=1S/C25H32F6N2O2/c1-14(2)20-10-19(33-5-3-16-13-35-6-4-22(16)33)11-21(20)23(34)32-12-15-7-17(24(26,27)28)9-18(8-15)25(29,30)31/h7-9,14,16,19-22H,3-6,10-13H2,1-2H3,(H,32,34)/t16?,19-,20?,21-,22?/m1/s1. The van der Waals surface area contributed by atoms with E-state index in [1.165, 1.54) is 0 Å². The van der Waals surface area contributed by atoms with E-state index in [0.29, 0.717) is 30.5 Å². The first-order valence-corrected chi connectivity index (χ1v) is 12.2. The molecule has 5 atom stereocenters. The Morgan fingerprint density at radius 3 is 2.31 bits per heavy atom. The number of carbonyl (C=O) groups excluding carboxylic acids is 1. The molecule has 4 nitrogen and oxygen atoms in total. The molecule has 1 aliphatic carbocycles. The van der Waals surface area contributed by atoms with Gasteiger partial charge >= 0.3 is 12.4 Å². The minimum Gasteiger partial charge on any atom is -0.381 e. The zero-order valence-corrected chi connectivity index (χ0v) is 19.9. The van der Waals surface area contributed by atoms with Crippen LogP contribution in [-0.4, -0.2) is 42.6 Å². The van der Waals surface area contributed by atoms with Crippen LogP contribution in [0.4, 0.5) is 26.3 Å². The SMILES string of the molecule is CC(C)C1C[C@@H](N2CCC3COCCC32)C[C@H]1C(=O)NCc1cc(C(F)(F)F)cc(C(F)(F)F)c1. The fourth-order valence-electron chi connectivity index (χ4n) is 6.23. The summed E-state index contributed by atoms with van der Waals surface area (Å²) in [5.74, 6) is 0.213. The lowest BCUT2D eigenvalue weighted by atomic mass is 9.85. The van der Waals surface area contributed by atoms with Gasteiger partial charge < -0.3 is 10.1 Å². The van der Waals surface area contributed by atoms with Gasteiger partial charge in [0.1, 0.15) is 0 Å². The second kappa shape index (κ2) is 9.92. The second-order valence-corrected chi connectivity index (χ2v) is 10.5. The van der Waals surface area contributed by atoms with Crippen molar-refractivity contribution in [3.05, 3.63) is 34.9 Å². The molecule has 1 N–H and O–H groups in total. The number of halogens is 6. The summed E-state index contributed by atoms with van der Waals surface area (Å²) in [6, 6.07) is 2.14. The molecule has 1 aromatic carbocycles. The van der Waals surface area contributed by atoms with E-state index in [1.807, 2.05) is 0 Å². The molecule has 2 heterocycles. The first-order valence-electron chi connectivity index (χ1n) is 12.2. The van der Waals surface area contributed by atoms with Crippen molar-refractivity contribution in [2.24, 2.45) is 23.7 Å². The lowest BCUT2D eigenvalue weighted by molar-refractivity contribution is -0.143. The summed E-state index contributed by atoms with van der Waals surface area (Å²) in [5.41, 5.74) is -2.98. The van der Waals surface area contributed by atoms with Crippen molar-refractivity contribution in [3.8, 4) is 0 Å². The number of fused-ring (bicyclic) bond motifs is 1. The van der Waals surface area contributed by atoms with Gasteiger partial charge in [-0.3, -0.25) is 9.69 Å². The van der Waals surface area contributed by atoms with Crippen LogP contribution in [0.15, 0.2) is 18.2 Å². The molecule has 1 aromatic rings. The van der Waals surface area contributed by atoms with Crippen LogP contribution >= 0.6 is 0 Å². The van der Waals surface area contributed by atoms with E-state index < -0.39 is 23.5 Å². The highest BCUT2D eigenvalue weighted by atomic mass is 19.4.